The Morgan fingerprint density at radius 3 is 2.36 bits per heavy atom. The molecule has 1 N–H and O–H groups in total. The zero-order valence-corrected chi connectivity index (χ0v) is 6.84. The normalized spacial score (nSPS) is 36.0. The molecule has 61 valence electrons. The molecule has 2 heteroatoms. The van der Waals surface area contributed by atoms with Gasteiger partial charge in [0, 0.05) is 32.2 Å². The van der Waals surface area contributed by atoms with Crippen molar-refractivity contribution in [3.8, 4) is 0 Å². The second kappa shape index (κ2) is 1.99. The van der Waals surface area contributed by atoms with Crippen molar-refractivity contribution in [2.24, 2.45) is 5.41 Å². The minimum Gasteiger partial charge on any atom is -0.314 e. The number of likely N-dealkylation sites (tertiary alicyclic amines) is 1. The Morgan fingerprint density at radius 1 is 1.27 bits per heavy atom. The SMILES string of the molecule is [CH]1CC2(C1)CN(C1CNC1)C2. The van der Waals surface area contributed by atoms with Crippen LogP contribution in [0.25, 0.3) is 0 Å². The molecule has 2 saturated heterocycles. The van der Waals surface area contributed by atoms with E-state index in [9.17, 15) is 0 Å². The van der Waals surface area contributed by atoms with Crippen LogP contribution in [0, 0.1) is 11.8 Å². The van der Waals surface area contributed by atoms with Crippen molar-refractivity contribution in [2.75, 3.05) is 26.2 Å². The fourth-order valence-corrected chi connectivity index (χ4v) is 2.42. The van der Waals surface area contributed by atoms with Crippen LogP contribution in [-0.2, 0) is 0 Å². The maximum absolute atomic E-state index is 3.32. The summed E-state index contributed by atoms with van der Waals surface area (Å²) in [4.78, 5) is 2.64. The molecule has 1 saturated carbocycles. The van der Waals surface area contributed by atoms with Gasteiger partial charge in [-0.05, 0) is 24.7 Å². The predicted octanol–water partition coefficient (Wildman–Crippen LogP) is 0.258. The molecular weight excluding hydrogens is 136 g/mol. The lowest BCUT2D eigenvalue weighted by atomic mass is 9.63. The quantitative estimate of drug-likeness (QED) is 0.578. The third-order valence-electron chi connectivity index (χ3n) is 3.51. The van der Waals surface area contributed by atoms with Crippen molar-refractivity contribution in [1.29, 1.82) is 0 Å². The van der Waals surface area contributed by atoms with Gasteiger partial charge in [0.1, 0.15) is 0 Å². The van der Waals surface area contributed by atoms with E-state index in [0.717, 1.165) is 11.5 Å². The van der Waals surface area contributed by atoms with Crippen molar-refractivity contribution in [3.05, 3.63) is 6.42 Å². The second-order valence-electron chi connectivity index (χ2n) is 4.41. The Hall–Kier alpha value is -0.0800. The minimum atomic E-state index is 0.773. The van der Waals surface area contributed by atoms with Crippen LogP contribution in [0.3, 0.4) is 0 Å². The fraction of sp³-hybridized carbons (Fsp3) is 0.889. The third kappa shape index (κ3) is 0.798. The van der Waals surface area contributed by atoms with Crippen LogP contribution in [0.5, 0.6) is 0 Å². The lowest BCUT2D eigenvalue weighted by Gasteiger charge is -2.59. The monoisotopic (exact) mass is 151 g/mol. The lowest BCUT2D eigenvalue weighted by molar-refractivity contribution is -0.0712. The van der Waals surface area contributed by atoms with Crippen LogP contribution < -0.4 is 5.32 Å². The second-order valence-corrected chi connectivity index (χ2v) is 4.41. The number of hydrogen-bond acceptors (Lipinski definition) is 2. The summed E-state index contributed by atoms with van der Waals surface area (Å²) in [6.45, 7) is 5.24. The molecule has 1 spiro atoms. The van der Waals surface area contributed by atoms with Crippen molar-refractivity contribution < 1.29 is 0 Å². The summed E-state index contributed by atoms with van der Waals surface area (Å²) >= 11 is 0. The molecule has 2 heterocycles. The van der Waals surface area contributed by atoms with Crippen LogP contribution in [0.15, 0.2) is 0 Å². The van der Waals surface area contributed by atoms with Gasteiger partial charge in [0.2, 0.25) is 0 Å². The van der Waals surface area contributed by atoms with Gasteiger partial charge in [-0.15, -0.1) is 0 Å². The maximum Gasteiger partial charge on any atom is 0.0345 e. The molecule has 0 atom stereocenters. The molecule has 0 aromatic rings. The summed E-state index contributed by atoms with van der Waals surface area (Å²) in [5, 5.41) is 3.32. The van der Waals surface area contributed by atoms with Crippen molar-refractivity contribution >= 4 is 0 Å². The summed E-state index contributed by atoms with van der Waals surface area (Å²) in [6, 6.07) is 0.890. The van der Waals surface area contributed by atoms with Crippen molar-refractivity contribution in [3.63, 3.8) is 0 Å². The van der Waals surface area contributed by atoms with E-state index in [0.29, 0.717) is 0 Å². The van der Waals surface area contributed by atoms with Gasteiger partial charge in [-0.2, -0.15) is 0 Å². The molecule has 0 unspecified atom stereocenters. The molecule has 1 aliphatic carbocycles. The lowest BCUT2D eigenvalue weighted by Crippen LogP contribution is -2.69. The minimum absolute atomic E-state index is 0.773. The average molecular weight is 151 g/mol. The number of nitrogens with zero attached hydrogens (tertiary/aromatic N) is 1. The highest BCUT2D eigenvalue weighted by molar-refractivity contribution is 5.10. The topological polar surface area (TPSA) is 15.3 Å². The van der Waals surface area contributed by atoms with E-state index < -0.39 is 0 Å². The van der Waals surface area contributed by atoms with Gasteiger partial charge in [0.25, 0.3) is 0 Å². The zero-order chi connectivity index (χ0) is 7.31. The van der Waals surface area contributed by atoms with Gasteiger partial charge in [-0.25, -0.2) is 0 Å². The van der Waals surface area contributed by atoms with Gasteiger partial charge in [-0.3, -0.25) is 4.90 Å². The highest BCUT2D eigenvalue weighted by atomic mass is 15.3. The van der Waals surface area contributed by atoms with Gasteiger partial charge in [0.05, 0.1) is 0 Å². The van der Waals surface area contributed by atoms with E-state index in [2.05, 4.69) is 16.6 Å². The first kappa shape index (κ1) is 6.44. The predicted molar refractivity (Wildman–Crippen MR) is 44.2 cm³/mol. The fourth-order valence-electron chi connectivity index (χ4n) is 2.42. The first-order valence-electron chi connectivity index (χ1n) is 4.64. The number of hydrogen-bond donors (Lipinski definition) is 1. The Labute approximate surface area is 68.0 Å². The van der Waals surface area contributed by atoms with E-state index >= 15 is 0 Å². The first-order chi connectivity index (χ1) is 5.38. The number of rotatable bonds is 1. The molecule has 1 radical (unpaired) electrons. The van der Waals surface area contributed by atoms with Crippen LogP contribution in [0.4, 0.5) is 0 Å². The standard InChI is InChI=1S/C9H15N2/c1-2-9(3-1)6-11(7-9)8-4-10-5-8/h1,8,10H,2-7H2. The molecule has 0 aromatic carbocycles. The summed E-state index contributed by atoms with van der Waals surface area (Å²) in [6.07, 6.45) is 5.21. The highest BCUT2D eigenvalue weighted by Crippen LogP contribution is 2.48. The molecule has 0 bridgehead atoms. The first-order valence-corrected chi connectivity index (χ1v) is 4.64. The van der Waals surface area contributed by atoms with E-state index in [-0.39, 0.29) is 0 Å². The third-order valence-corrected chi connectivity index (χ3v) is 3.51. The Bertz CT molecular complexity index is 162. The zero-order valence-electron chi connectivity index (χ0n) is 6.84. The molecule has 3 fully saturated rings. The molecule has 3 rings (SSSR count). The largest absolute Gasteiger partial charge is 0.314 e. The molecule has 11 heavy (non-hydrogen) atoms. The van der Waals surface area contributed by atoms with E-state index in [4.69, 9.17) is 0 Å². The van der Waals surface area contributed by atoms with Crippen molar-refractivity contribution in [1.82, 2.24) is 10.2 Å². The Kier molecular flexibility index (Phi) is 1.16. The maximum atomic E-state index is 3.32. The van der Waals surface area contributed by atoms with Crippen molar-refractivity contribution in [2.45, 2.75) is 18.9 Å². The molecule has 3 aliphatic rings. The van der Waals surface area contributed by atoms with Crippen LogP contribution in [0.2, 0.25) is 0 Å². The molecule has 2 aliphatic heterocycles. The van der Waals surface area contributed by atoms with Gasteiger partial charge in [-0.1, -0.05) is 0 Å². The molecule has 0 aromatic heterocycles. The molecular formula is C9H15N2. The van der Waals surface area contributed by atoms with Gasteiger partial charge in [0.15, 0.2) is 0 Å². The van der Waals surface area contributed by atoms with Crippen LogP contribution in [-0.4, -0.2) is 37.1 Å². The molecule has 2 nitrogen and oxygen atoms in total. The summed E-state index contributed by atoms with van der Waals surface area (Å²) in [5.74, 6) is 0. The van der Waals surface area contributed by atoms with E-state index in [1.807, 2.05) is 0 Å². The highest BCUT2D eigenvalue weighted by Gasteiger charge is 2.49. The average Bonchev–Trinajstić information content (AvgIpc) is 1.66. The van der Waals surface area contributed by atoms with Gasteiger partial charge >= 0.3 is 0 Å². The van der Waals surface area contributed by atoms with Crippen LogP contribution >= 0.6 is 0 Å². The summed E-state index contributed by atoms with van der Waals surface area (Å²) < 4.78 is 0. The van der Waals surface area contributed by atoms with Crippen LogP contribution in [0.1, 0.15) is 12.8 Å². The Morgan fingerprint density at radius 2 is 2.00 bits per heavy atom. The Balaban J connectivity index is 1.55. The smallest absolute Gasteiger partial charge is 0.0345 e. The van der Waals surface area contributed by atoms with E-state index in [1.165, 1.54) is 39.0 Å². The summed E-state index contributed by atoms with van der Waals surface area (Å²) in [7, 11) is 0. The van der Waals surface area contributed by atoms with E-state index in [1.54, 1.807) is 0 Å². The number of nitrogens with one attached hydrogen (secondary N) is 1. The molecule has 0 amide bonds. The van der Waals surface area contributed by atoms with Gasteiger partial charge < -0.3 is 5.32 Å². The summed E-state index contributed by atoms with van der Waals surface area (Å²) in [5.41, 5.74) is 0.773.